The monoisotopic (exact) mass is 614 g/mol. The van der Waals surface area contributed by atoms with Crippen molar-refractivity contribution in [1.82, 2.24) is 24.0 Å². The number of aryl methyl sites for hydroxylation is 1. The maximum Gasteiger partial charge on any atom is 0.417 e. The van der Waals surface area contributed by atoms with Crippen molar-refractivity contribution in [3.05, 3.63) is 92.6 Å². The van der Waals surface area contributed by atoms with Crippen LogP contribution >= 0.6 is 15.9 Å². The molecule has 2 aromatic carbocycles. The Hall–Kier alpha value is -3.93. The number of aromatic nitrogens is 4. The van der Waals surface area contributed by atoms with E-state index in [9.17, 15) is 22.8 Å². The highest BCUT2D eigenvalue weighted by Crippen LogP contribution is 2.36. The van der Waals surface area contributed by atoms with Crippen LogP contribution in [0.15, 0.2) is 64.6 Å². The SMILES string of the molecule is C=C[C@H](C)Nc1nc2c(c(=O)n1-c1ccc3ncn(C)c3c1)C[C@@H](C)N(C(=O)c1ccc(Br)c(C(F)(F)F)c1)C2. The van der Waals surface area contributed by atoms with Gasteiger partial charge >= 0.3 is 6.18 Å². The van der Waals surface area contributed by atoms with Gasteiger partial charge < -0.3 is 14.8 Å². The third-order valence-corrected chi connectivity index (χ3v) is 7.76. The van der Waals surface area contributed by atoms with Crippen molar-refractivity contribution in [2.24, 2.45) is 7.05 Å². The van der Waals surface area contributed by atoms with Gasteiger partial charge in [-0.1, -0.05) is 22.0 Å². The number of fused-ring (bicyclic) bond motifs is 2. The van der Waals surface area contributed by atoms with Gasteiger partial charge in [0.2, 0.25) is 5.95 Å². The number of imidazole rings is 1. The Morgan fingerprint density at radius 3 is 2.70 bits per heavy atom. The van der Waals surface area contributed by atoms with Crippen LogP contribution in [0.3, 0.4) is 0 Å². The molecule has 0 bridgehead atoms. The number of carbonyl (C=O) groups excluding carboxylic acids is 1. The first-order chi connectivity index (χ1) is 18.9. The van der Waals surface area contributed by atoms with Crippen molar-refractivity contribution in [3.63, 3.8) is 0 Å². The predicted octanol–water partition coefficient (Wildman–Crippen LogP) is 5.47. The Morgan fingerprint density at radius 1 is 1.25 bits per heavy atom. The zero-order valence-corrected chi connectivity index (χ0v) is 23.5. The third kappa shape index (κ3) is 4.91. The van der Waals surface area contributed by atoms with Crippen LogP contribution in [0, 0.1) is 0 Å². The van der Waals surface area contributed by atoms with Crippen LogP contribution in [-0.4, -0.2) is 42.0 Å². The Bertz CT molecular complexity index is 1710. The van der Waals surface area contributed by atoms with Crippen LogP contribution in [0.5, 0.6) is 0 Å². The summed E-state index contributed by atoms with van der Waals surface area (Å²) < 4.78 is 43.6. The lowest BCUT2D eigenvalue weighted by Gasteiger charge is -2.35. The highest BCUT2D eigenvalue weighted by Gasteiger charge is 2.36. The molecular formula is C28H26BrF3N6O2. The quantitative estimate of drug-likeness (QED) is 0.301. The van der Waals surface area contributed by atoms with Crippen molar-refractivity contribution in [3.8, 4) is 5.69 Å². The minimum Gasteiger partial charge on any atom is -0.349 e. The summed E-state index contributed by atoms with van der Waals surface area (Å²) in [5.41, 5.74) is 1.74. The molecule has 40 heavy (non-hydrogen) atoms. The van der Waals surface area contributed by atoms with Gasteiger partial charge in [0.25, 0.3) is 11.5 Å². The van der Waals surface area contributed by atoms with E-state index in [0.717, 1.165) is 17.1 Å². The number of rotatable bonds is 5. The smallest absolute Gasteiger partial charge is 0.349 e. The summed E-state index contributed by atoms with van der Waals surface area (Å²) in [6, 6.07) is 8.20. The van der Waals surface area contributed by atoms with E-state index in [1.54, 1.807) is 25.4 Å². The number of hydrogen-bond acceptors (Lipinski definition) is 5. The van der Waals surface area contributed by atoms with Gasteiger partial charge in [-0.2, -0.15) is 13.2 Å². The van der Waals surface area contributed by atoms with E-state index in [-0.39, 0.29) is 40.6 Å². The van der Waals surface area contributed by atoms with E-state index in [1.807, 2.05) is 30.7 Å². The topological polar surface area (TPSA) is 85.1 Å². The van der Waals surface area contributed by atoms with Crippen LogP contribution < -0.4 is 10.9 Å². The zero-order valence-electron chi connectivity index (χ0n) is 22.0. The summed E-state index contributed by atoms with van der Waals surface area (Å²) in [6.07, 6.45) is -1.06. The molecular weight excluding hydrogens is 589 g/mol. The van der Waals surface area contributed by atoms with Gasteiger partial charge in [0, 0.05) is 34.7 Å². The molecule has 2 atom stereocenters. The summed E-state index contributed by atoms with van der Waals surface area (Å²) in [5.74, 6) is -0.305. The van der Waals surface area contributed by atoms with Crippen molar-refractivity contribution in [2.45, 2.75) is 45.1 Å². The molecule has 1 aliphatic rings. The fourth-order valence-corrected chi connectivity index (χ4v) is 5.30. The van der Waals surface area contributed by atoms with Crippen molar-refractivity contribution in [1.29, 1.82) is 0 Å². The average Bonchev–Trinajstić information content (AvgIpc) is 3.28. The average molecular weight is 615 g/mol. The van der Waals surface area contributed by atoms with Gasteiger partial charge in [-0.25, -0.2) is 14.5 Å². The standard InChI is InChI=1S/C28H26BrF3N6O2/c1-5-15(2)34-27-35-23-13-37(25(39)17-6-8-21(29)20(11-17)28(30,31)32)16(3)10-19(23)26(40)38(27)18-7-9-22-24(12-18)36(4)14-33-22/h5-9,11-12,14-16H,1,10,13H2,2-4H3,(H,34,35)/t15-,16+/m0/s1. The molecule has 1 amide bonds. The number of carbonyl (C=O) groups is 1. The molecule has 4 aromatic rings. The van der Waals surface area contributed by atoms with E-state index in [1.165, 1.54) is 21.6 Å². The molecule has 2 aromatic heterocycles. The van der Waals surface area contributed by atoms with Crippen LogP contribution in [0.4, 0.5) is 19.1 Å². The second kappa shape index (κ2) is 10.2. The lowest BCUT2D eigenvalue weighted by atomic mass is 9.98. The number of nitrogens with one attached hydrogen (secondary N) is 1. The summed E-state index contributed by atoms with van der Waals surface area (Å²) in [6.45, 7) is 7.40. The van der Waals surface area contributed by atoms with Crippen LogP contribution in [-0.2, 0) is 26.2 Å². The van der Waals surface area contributed by atoms with Gasteiger partial charge in [0.1, 0.15) is 0 Å². The Labute approximate surface area is 236 Å². The fourth-order valence-electron chi connectivity index (χ4n) is 4.82. The van der Waals surface area contributed by atoms with Gasteiger partial charge in [-0.05, 0) is 56.7 Å². The predicted molar refractivity (Wildman–Crippen MR) is 150 cm³/mol. The van der Waals surface area contributed by atoms with Gasteiger partial charge in [0.05, 0.1) is 40.9 Å². The van der Waals surface area contributed by atoms with Crippen LogP contribution in [0.1, 0.15) is 41.0 Å². The van der Waals surface area contributed by atoms with Crippen LogP contribution in [0.25, 0.3) is 16.7 Å². The maximum atomic E-state index is 13.9. The summed E-state index contributed by atoms with van der Waals surface area (Å²) in [5, 5.41) is 3.20. The number of amides is 1. The zero-order chi connectivity index (χ0) is 28.9. The first kappa shape index (κ1) is 27.6. The number of nitrogens with zero attached hydrogens (tertiary/aromatic N) is 5. The Morgan fingerprint density at radius 2 is 2.00 bits per heavy atom. The Kier molecular flexibility index (Phi) is 7.07. The van der Waals surface area contributed by atoms with E-state index in [4.69, 9.17) is 4.98 Å². The molecule has 0 saturated carbocycles. The molecule has 0 radical (unpaired) electrons. The first-order valence-corrected chi connectivity index (χ1v) is 13.3. The number of hydrogen-bond donors (Lipinski definition) is 1. The molecule has 0 unspecified atom stereocenters. The van der Waals surface area contributed by atoms with Gasteiger partial charge in [-0.15, -0.1) is 6.58 Å². The van der Waals surface area contributed by atoms with Crippen molar-refractivity contribution < 1.29 is 18.0 Å². The maximum absolute atomic E-state index is 13.9. The molecule has 5 rings (SSSR count). The first-order valence-electron chi connectivity index (χ1n) is 12.5. The van der Waals surface area contributed by atoms with Crippen molar-refractivity contribution in [2.75, 3.05) is 5.32 Å². The molecule has 1 N–H and O–H groups in total. The summed E-state index contributed by atoms with van der Waals surface area (Å²) in [4.78, 5) is 37.9. The van der Waals surface area contributed by atoms with E-state index >= 15 is 0 Å². The lowest BCUT2D eigenvalue weighted by Crippen LogP contribution is -2.46. The molecule has 0 aliphatic carbocycles. The second-order valence-electron chi connectivity index (χ2n) is 9.88. The molecule has 0 fully saturated rings. The number of alkyl halides is 3. The second-order valence-corrected chi connectivity index (χ2v) is 10.7. The van der Waals surface area contributed by atoms with E-state index in [2.05, 4.69) is 32.8 Å². The molecule has 0 spiro atoms. The van der Waals surface area contributed by atoms with Crippen molar-refractivity contribution >= 4 is 38.8 Å². The molecule has 12 heteroatoms. The van der Waals surface area contributed by atoms with E-state index in [0.29, 0.717) is 16.9 Å². The minimum atomic E-state index is -4.62. The molecule has 1 aliphatic heterocycles. The minimum absolute atomic E-state index is 0.0270. The highest BCUT2D eigenvalue weighted by molar-refractivity contribution is 9.10. The number of benzene rings is 2. The largest absolute Gasteiger partial charge is 0.417 e. The highest BCUT2D eigenvalue weighted by atomic mass is 79.9. The molecule has 3 heterocycles. The molecule has 8 nitrogen and oxygen atoms in total. The summed E-state index contributed by atoms with van der Waals surface area (Å²) in [7, 11) is 1.86. The van der Waals surface area contributed by atoms with E-state index < -0.39 is 23.7 Å². The normalized spacial score (nSPS) is 16.1. The number of anilines is 1. The Balaban J connectivity index is 1.58. The fraction of sp³-hybridized carbons (Fsp3) is 0.286. The molecule has 208 valence electrons. The number of halogens is 4. The van der Waals surface area contributed by atoms with Crippen LogP contribution in [0.2, 0.25) is 0 Å². The lowest BCUT2D eigenvalue weighted by molar-refractivity contribution is -0.138. The van der Waals surface area contributed by atoms with Gasteiger partial charge in [-0.3, -0.25) is 9.59 Å². The third-order valence-electron chi connectivity index (χ3n) is 7.07. The molecule has 0 saturated heterocycles. The summed E-state index contributed by atoms with van der Waals surface area (Å²) >= 11 is 2.92. The van der Waals surface area contributed by atoms with Gasteiger partial charge in [0.15, 0.2) is 0 Å².